The molecule has 0 unspecified atom stereocenters. The summed E-state index contributed by atoms with van der Waals surface area (Å²) < 4.78 is 30.2. The summed E-state index contributed by atoms with van der Waals surface area (Å²) in [7, 11) is 0.974. The van der Waals surface area contributed by atoms with E-state index in [0.29, 0.717) is 0 Å². The molecule has 0 bridgehead atoms. The monoisotopic (exact) mass is 201 g/mol. The highest BCUT2D eigenvalue weighted by atomic mass is 19.1. The lowest BCUT2D eigenvalue weighted by molar-refractivity contribution is 0.0590. The molecule has 1 aromatic carbocycles. The molecule has 74 valence electrons. The van der Waals surface area contributed by atoms with Crippen molar-refractivity contribution in [3.05, 3.63) is 34.2 Å². The molecule has 1 aromatic rings. The maximum Gasteiger partial charge on any atom is 0.343 e. The molecule has 1 rings (SSSR count). The highest BCUT2D eigenvalue weighted by Gasteiger charge is 2.21. The number of hydrogen-bond acceptors (Lipinski definition) is 4. The van der Waals surface area contributed by atoms with E-state index in [1.54, 1.807) is 0 Å². The number of nitroso groups, excluding NO2 is 1. The zero-order valence-electron chi connectivity index (χ0n) is 7.08. The summed E-state index contributed by atoms with van der Waals surface area (Å²) in [5.74, 6) is -3.60. The molecule has 0 aliphatic carbocycles. The third-order valence-corrected chi connectivity index (χ3v) is 1.56. The zero-order valence-corrected chi connectivity index (χ0v) is 7.08. The summed E-state index contributed by atoms with van der Waals surface area (Å²) >= 11 is 0. The molecule has 0 aliphatic rings. The fraction of sp³-hybridized carbons (Fsp3) is 0.125. The van der Waals surface area contributed by atoms with Gasteiger partial charge in [-0.25, -0.2) is 13.6 Å². The van der Waals surface area contributed by atoms with Crippen LogP contribution in [0.4, 0.5) is 14.5 Å². The minimum atomic E-state index is -1.31. The van der Waals surface area contributed by atoms with Gasteiger partial charge in [-0.15, -0.1) is 4.91 Å². The first-order chi connectivity index (χ1) is 6.61. The lowest BCUT2D eigenvalue weighted by Crippen LogP contribution is -2.07. The lowest BCUT2D eigenvalue weighted by atomic mass is 10.2. The predicted molar refractivity (Wildman–Crippen MR) is 43.2 cm³/mol. The van der Waals surface area contributed by atoms with Crippen LogP contribution in [0.2, 0.25) is 0 Å². The highest BCUT2D eigenvalue weighted by molar-refractivity contribution is 5.91. The SMILES string of the molecule is COC(=O)c1c(F)ccc(N=O)c1F. The van der Waals surface area contributed by atoms with Gasteiger partial charge in [-0.2, -0.15) is 0 Å². The molecular formula is C8H5F2NO3. The molecular weight excluding hydrogens is 196 g/mol. The third-order valence-electron chi connectivity index (χ3n) is 1.56. The molecule has 0 radical (unpaired) electrons. The van der Waals surface area contributed by atoms with Crippen LogP contribution in [0.1, 0.15) is 10.4 Å². The van der Waals surface area contributed by atoms with Crippen molar-refractivity contribution in [1.29, 1.82) is 0 Å². The normalized spacial score (nSPS) is 9.64. The molecule has 4 nitrogen and oxygen atoms in total. The predicted octanol–water partition coefficient (Wildman–Crippen LogP) is 2.15. The fourth-order valence-corrected chi connectivity index (χ4v) is 0.901. The van der Waals surface area contributed by atoms with Crippen LogP contribution in [0.3, 0.4) is 0 Å². The Bertz CT molecular complexity index is 392. The van der Waals surface area contributed by atoms with Crippen LogP contribution in [0.5, 0.6) is 0 Å². The Labute approximate surface area is 77.5 Å². The highest BCUT2D eigenvalue weighted by Crippen LogP contribution is 2.23. The Balaban J connectivity index is 3.39. The number of halogens is 2. The van der Waals surface area contributed by atoms with E-state index in [0.717, 1.165) is 19.2 Å². The average Bonchev–Trinajstić information content (AvgIpc) is 2.18. The molecule has 6 heteroatoms. The van der Waals surface area contributed by atoms with E-state index in [9.17, 15) is 18.5 Å². The van der Waals surface area contributed by atoms with Gasteiger partial charge in [-0.3, -0.25) is 0 Å². The van der Waals surface area contributed by atoms with E-state index in [1.165, 1.54) is 0 Å². The Morgan fingerprint density at radius 3 is 2.57 bits per heavy atom. The number of hydrogen-bond donors (Lipinski definition) is 0. The summed E-state index contributed by atoms with van der Waals surface area (Å²) in [5, 5.41) is 2.29. The topological polar surface area (TPSA) is 55.7 Å². The number of nitrogens with zero attached hydrogens (tertiary/aromatic N) is 1. The number of methoxy groups -OCH3 is 1. The van der Waals surface area contributed by atoms with Gasteiger partial charge in [-0.1, -0.05) is 0 Å². The van der Waals surface area contributed by atoms with Crippen molar-refractivity contribution in [1.82, 2.24) is 0 Å². The summed E-state index contributed by atoms with van der Waals surface area (Å²) in [6.07, 6.45) is 0. The molecule has 14 heavy (non-hydrogen) atoms. The van der Waals surface area contributed by atoms with Gasteiger partial charge in [0, 0.05) is 0 Å². The van der Waals surface area contributed by atoms with Gasteiger partial charge < -0.3 is 4.74 Å². The van der Waals surface area contributed by atoms with Crippen molar-refractivity contribution in [2.24, 2.45) is 5.18 Å². The molecule has 0 spiro atoms. The second-order valence-electron chi connectivity index (χ2n) is 2.34. The van der Waals surface area contributed by atoms with Gasteiger partial charge in [0.2, 0.25) is 0 Å². The minimum absolute atomic E-state index is 0.633. The third kappa shape index (κ3) is 1.59. The largest absolute Gasteiger partial charge is 0.465 e. The molecule has 0 saturated heterocycles. The molecule has 0 aliphatic heterocycles. The lowest BCUT2D eigenvalue weighted by Gasteiger charge is -2.02. The maximum atomic E-state index is 13.1. The molecule has 0 N–H and O–H groups in total. The van der Waals surface area contributed by atoms with E-state index in [1.807, 2.05) is 0 Å². The number of carbonyl (C=O) groups is 1. The van der Waals surface area contributed by atoms with Crippen LogP contribution in [-0.4, -0.2) is 13.1 Å². The first kappa shape index (κ1) is 10.2. The van der Waals surface area contributed by atoms with Gasteiger partial charge in [0.15, 0.2) is 5.82 Å². The van der Waals surface area contributed by atoms with E-state index in [2.05, 4.69) is 9.91 Å². The second-order valence-corrected chi connectivity index (χ2v) is 2.34. The zero-order chi connectivity index (χ0) is 10.7. The van der Waals surface area contributed by atoms with Crippen LogP contribution in [0.15, 0.2) is 17.3 Å². The maximum absolute atomic E-state index is 13.1. The summed E-state index contributed by atoms with van der Waals surface area (Å²) in [4.78, 5) is 20.9. The number of carbonyl (C=O) groups excluding carboxylic acids is 1. The number of esters is 1. The average molecular weight is 201 g/mol. The van der Waals surface area contributed by atoms with Crippen LogP contribution < -0.4 is 0 Å². The summed E-state index contributed by atoms with van der Waals surface area (Å²) in [6.45, 7) is 0. The van der Waals surface area contributed by atoms with Crippen molar-refractivity contribution in [2.75, 3.05) is 7.11 Å². The Kier molecular flexibility index (Phi) is 2.85. The fourth-order valence-electron chi connectivity index (χ4n) is 0.901. The van der Waals surface area contributed by atoms with Crippen molar-refractivity contribution in [3.8, 4) is 0 Å². The molecule has 0 amide bonds. The van der Waals surface area contributed by atoms with Gasteiger partial charge in [0.25, 0.3) is 0 Å². The minimum Gasteiger partial charge on any atom is -0.465 e. The van der Waals surface area contributed by atoms with E-state index in [-0.39, 0.29) is 0 Å². The van der Waals surface area contributed by atoms with Crippen molar-refractivity contribution in [3.63, 3.8) is 0 Å². The number of rotatable bonds is 2. The van der Waals surface area contributed by atoms with Crippen LogP contribution in [0.25, 0.3) is 0 Å². The van der Waals surface area contributed by atoms with Crippen LogP contribution >= 0.6 is 0 Å². The van der Waals surface area contributed by atoms with Crippen molar-refractivity contribution in [2.45, 2.75) is 0 Å². The van der Waals surface area contributed by atoms with Gasteiger partial charge in [-0.05, 0) is 17.3 Å². The number of ether oxygens (including phenoxy) is 1. The van der Waals surface area contributed by atoms with Gasteiger partial charge >= 0.3 is 5.97 Å². The molecule has 0 fully saturated rings. The molecule has 0 saturated carbocycles. The second kappa shape index (κ2) is 3.91. The Hall–Kier alpha value is -1.85. The van der Waals surface area contributed by atoms with Crippen molar-refractivity contribution < 1.29 is 18.3 Å². The van der Waals surface area contributed by atoms with E-state index >= 15 is 0 Å². The quantitative estimate of drug-likeness (QED) is 0.544. The number of benzene rings is 1. The summed E-state index contributed by atoms with van der Waals surface area (Å²) in [6, 6.07) is 1.61. The standard InChI is InChI=1S/C8H5F2NO3/c1-14-8(12)6-4(9)2-3-5(11-13)7(6)10/h2-3H,1H3. The molecule has 0 aromatic heterocycles. The first-order valence-electron chi connectivity index (χ1n) is 3.51. The van der Waals surface area contributed by atoms with Gasteiger partial charge in [0.1, 0.15) is 17.1 Å². The Morgan fingerprint density at radius 2 is 2.07 bits per heavy atom. The molecule has 0 heterocycles. The van der Waals surface area contributed by atoms with E-state index < -0.39 is 28.9 Å². The van der Waals surface area contributed by atoms with Crippen LogP contribution in [0, 0.1) is 16.5 Å². The van der Waals surface area contributed by atoms with Crippen molar-refractivity contribution >= 4 is 11.7 Å². The van der Waals surface area contributed by atoms with E-state index in [4.69, 9.17) is 0 Å². The van der Waals surface area contributed by atoms with Gasteiger partial charge in [0.05, 0.1) is 7.11 Å². The van der Waals surface area contributed by atoms with Crippen LogP contribution in [-0.2, 0) is 4.74 Å². The Morgan fingerprint density at radius 1 is 1.43 bits per heavy atom. The first-order valence-corrected chi connectivity index (χ1v) is 3.51. The summed E-state index contributed by atoms with van der Waals surface area (Å²) in [5.41, 5.74) is -1.54. The smallest absolute Gasteiger partial charge is 0.343 e. The molecule has 0 atom stereocenters.